The van der Waals surface area contributed by atoms with E-state index in [9.17, 15) is 24.8 Å². The number of hydrogen-bond donors (Lipinski definition) is 2. The normalized spacial score (nSPS) is 11.5. The summed E-state index contributed by atoms with van der Waals surface area (Å²) >= 11 is 0. The van der Waals surface area contributed by atoms with Gasteiger partial charge in [0.2, 0.25) is 0 Å². The number of carboxylic acid groups (broad SMARTS) is 1. The highest BCUT2D eigenvalue weighted by Gasteiger charge is 2.28. The number of aromatic carboxylic acids is 1. The average molecular weight is 456 g/mol. The van der Waals surface area contributed by atoms with E-state index in [1.807, 2.05) is 36.4 Å². The lowest BCUT2D eigenvalue weighted by Crippen LogP contribution is -2.26. The van der Waals surface area contributed by atoms with Crippen LogP contribution in [0.5, 0.6) is 0 Å². The molecule has 4 rings (SSSR count). The molecule has 2 N–H and O–H groups in total. The van der Waals surface area contributed by atoms with Crippen LogP contribution in [0, 0.1) is 22.0 Å². The molecule has 0 saturated carbocycles. The molecule has 0 heterocycles. The maximum Gasteiger partial charge on any atom is 0.407 e. The summed E-state index contributed by atoms with van der Waals surface area (Å²) in [4.78, 5) is 33.7. The van der Waals surface area contributed by atoms with E-state index < -0.39 is 17.0 Å². The molecule has 1 aliphatic rings. The highest BCUT2D eigenvalue weighted by atomic mass is 16.6. The van der Waals surface area contributed by atoms with Crippen molar-refractivity contribution in [1.29, 1.82) is 0 Å². The summed E-state index contributed by atoms with van der Waals surface area (Å²) in [5.41, 5.74) is 4.15. The molecule has 3 aromatic carbocycles. The molecule has 0 spiro atoms. The molecule has 8 heteroatoms. The number of nitro groups is 1. The summed E-state index contributed by atoms with van der Waals surface area (Å²) in [6.45, 7) is 0.412. The zero-order chi connectivity index (χ0) is 24.1. The number of carbonyl (C=O) groups excluding carboxylic acids is 1. The van der Waals surface area contributed by atoms with Gasteiger partial charge in [0.1, 0.15) is 6.61 Å². The molecule has 1 aliphatic carbocycles. The van der Waals surface area contributed by atoms with Crippen LogP contribution in [-0.2, 0) is 4.74 Å². The predicted octanol–water partition coefficient (Wildman–Crippen LogP) is 4.57. The molecule has 170 valence electrons. The van der Waals surface area contributed by atoms with Crippen molar-refractivity contribution < 1.29 is 24.4 Å². The van der Waals surface area contributed by atoms with E-state index in [-0.39, 0.29) is 42.3 Å². The van der Waals surface area contributed by atoms with Gasteiger partial charge in [0.15, 0.2) is 0 Å². The van der Waals surface area contributed by atoms with E-state index in [0.717, 1.165) is 28.3 Å². The second-order valence-corrected chi connectivity index (χ2v) is 7.60. The van der Waals surface area contributed by atoms with Crippen LogP contribution >= 0.6 is 0 Å². The Morgan fingerprint density at radius 3 is 2.29 bits per heavy atom. The number of ether oxygens (including phenoxy) is 1. The zero-order valence-corrected chi connectivity index (χ0v) is 18.0. The Morgan fingerprint density at radius 2 is 1.68 bits per heavy atom. The molecule has 8 nitrogen and oxygen atoms in total. The lowest BCUT2D eigenvalue weighted by atomic mass is 9.98. The van der Waals surface area contributed by atoms with Crippen molar-refractivity contribution in [2.24, 2.45) is 0 Å². The van der Waals surface area contributed by atoms with Gasteiger partial charge < -0.3 is 15.2 Å². The van der Waals surface area contributed by atoms with E-state index >= 15 is 0 Å². The minimum atomic E-state index is -1.30. The summed E-state index contributed by atoms with van der Waals surface area (Å²) in [7, 11) is 0. The van der Waals surface area contributed by atoms with Gasteiger partial charge >= 0.3 is 12.1 Å². The van der Waals surface area contributed by atoms with E-state index in [2.05, 4.69) is 29.3 Å². The number of alkyl carbamates (subject to hydrolysis) is 1. The number of rotatable bonds is 6. The van der Waals surface area contributed by atoms with Gasteiger partial charge in [0.05, 0.1) is 10.5 Å². The summed E-state index contributed by atoms with van der Waals surface area (Å²) in [5.74, 6) is 4.12. The third-order valence-electron chi connectivity index (χ3n) is 5.53. The molecule has 0 bridgehead atoms. The molecule has 0 aliphatic heterocycles. The summed E-state index contributed by atoms with van der Waals surface area (Å²) in [6.07, 6.45) is -0.314. The second-order valence-electron chi connectivity index (χ2n) is 7.60. The Balaban J connectivity index is 1.31. The van der Waals surface area contributed by atoms with E-state index in [4.69, 9.17) is 4.74 Å². The first kappa shape index (κ1) is 22.6. The number of amides is 1. The highest BCUT2D eigenvalue weighted by Crippen LogP contribution is 2.44. The van der Waals surface area contributed by atoms with Crippen LogP contribution in [0.15, 0.2) is 66.7 Å². The SMILES string of the molecule is O=C(NCCC#Cc1ccc([N+](=O)[O-])cc1C(=O)O)OCC1c2ccccc2-c2ccccc21. The van der Waals surface area contributed by atoms with Crippen LogP contribution in [0.25, 0.3) is 11.1 Å². The first-order valence-corrected chi connectivity index (χ1v) is 10.5. The van der Waals surface area contributed by atoms with Crippen molar-refractivity contribution in [3.63, 3.8) is 0 Å². The molecule has 0 radical (unpaired) electrons. The van der Waals surface area contributed by atoms with E-state index in [0.29, 0.717) is 0 Å². The highest BCUT2D eigenvalue weighted by molar-refractivity contribution is 5.91. The van der Waals surface area contributed by atoms with Gasteiger partial charge in [-0.1, -0.05) is 60.4 Å². The van der Waals surface area contributed by atoms with Crippen molar-refractivity contribution in [3.8, 4) is 23.0 Å². The Bertz CT molecular complexity index is 1290. The quantitative estimate of drug-likeness (QED) is 0.243. The first-order chi connectivity index (χ1) is 16.5. The number of non-ortho nitro benzene ring substituents is 1. The molecule has 0 saturated heterocycles. The predicted molar refractivity (Wildman–Crippen MR) is 125 cm³/mol. The van der Waals surface area contributed by atoms with Crippen molar-refractivity contribution in [1.82, 2.24) is 5.32 Å². The Kier molecular flexibility index (Phi) is 6.55. The average Bonchev–Trinajstić information content (AvgIpc) is 3.16. The topological polar surface area (TPSA) is 119 Å². The fraction of sp³-hybridized carbons (Fsp3) is 0.154. The Labute approximate surface area is 195 Å². The standard InChI is InChI=1S/C26H20N2O6/c29-25(30)23-15-18(28(32)33)13-12-17(23)7-5-6-14-27-26(31)34-16-24-21-10-3-1-8-19(21)20-9-2-4-11-22(20)24/h1-4,8-13,15,24H,6,14,16H2,(H,27,31)(H,29,30). The van der Waals surface area contributed by atoms with Crippen molar-refractivity contribution >= 4 is 17.7 Å². The van der Waals surface area contributed by atoms with Gasteiger partial charge in [-0.3, -0.25) is 10.1 Å². The number of nitro benzene ring substituents is 1. The van der Waals surface area contributed by atoms with Gasteiger partial charge in [-0.15, -0.1) is 0 Å². The number of nitrogens with zero attached hydrogens (tertiary/aromatic N) is 1. The fourth-order valence-electron chi connectivity index (χ4n) is 3.97. The van der Waals surface area contributed by atoms with Crippen LogP contribution in [0.2, 0.25) is 0 Å². The van der Waals surface area contributed by atoms with Crippen molar-refractivity contribution in [3.05, 3.63) is 99.1 Å². The smallest absolute Gasteiger partial charge is 0.407 e. The molecule has 0 fully saturated rings. The molecular weight excluding hydrogens is 436 g/mol. The lowest BCUT2D eigenvalue weighted by molar-refractivity contribution is -0.384. The minimum Gasteiger partial charge on any atom is -0.478 e. The number of hydrogen-bond acceptors (Lipinski definition) is 5. The van der Waals surface area contributed by atoms with Gasteiger partial charge in [-0.05, 0) is 28.3 Å². The van der Waals surface area contributed by atoms with Crippen LogP contribution < -0.4 is 5.32 Å². The summed E-state index contributed by atoms with van der Waals surface area (Å²) in [6, 6.07) is 19.6. The maximum absolute atomic E-state index is 12.2. The summed E-state index contributed by atoms with van der Waals surface area (Å²) in [5, 5.41) is 22.7. The monoisotopic (exact) mass is 456 g/mol. The lowest BCUT2D eigenvalue weighted by Gasteiger charge is -2.14. The fourth-order valence-corrected chi connectivity index (χ4v) is 3.97. The Morgan fingerprint density at radius 1 is 1.03 bits per heavy atom. The van der Waals surface area contributed by atoms with Gasteiger partial charge in [-0.25, -0.2) is 9.59 Å². The van der Waals surface area contributed by atoms with Crippen LogP contribution in [0.3, 0.4) is 0 Å². The molecule has 0 atom stereocenters. The number of carbonyl (C=O) groups is 2. The number of carboxylic acids is 1. The maximum atomic E-state index is 12.2. The minimum absolute atomic E-state index is 0.0329. The van der Waals surface area contributed by atoms with Crippen molar-refractivity contribution in [2.75, 3.05) is 13.2 Å². The third-order valence-corrected chi connectivity index (χ3v) is 5.53. The van der Waals surface area contributed by atoms with Crippen LogP contribution in [-0.4, -0.2) is 35.2 Å². The number of nitrogens with one attached hydrogen (secondary N) is 1. The van der Waals surface area contributed by atoms with Gasteiger partial charge in [0.25, 0.3) is 5.69 Å². The first-order valence-electron chi connectivity index (χ1n) is 10.5. The third kappa shape index (κ3) is 4.74. The van der Waals surface area contributed by atoms with Crippen LogP contribution in [0.4, 0.5) is 10.5 Å². The molecular formula is C26H20N2O6. The zero-order valence-electron chi connectivity index (χ0n) is 18.0. The van der Waals surface area contributed by atoms with Crippen molar-refractivity contribution in [2.45, 2.75) is 12.3 Å². The molecule has 3 aromatic rings. The van der Waals surface area contributed by atoms with Crippen LogP contribution in [0.1, 0.15) is 39.4 Å². The molecule has 0 unspecified atom stereocenters. The largest absolute Gasteiger partial charge is 0.478 e. The second kappa shape index (κ2) is 9.88. The number of fused-ring (bicyclic) bond motifs is 3. The molecule has 34 heavy (non-hydrogen) atoms. The Hall–Kier alpha value is -4.64. The summed E-state index contributed by atoms with van der Waals surface area (Å²) < 4.78 is 5.45. The molecule has 0 aromatic heterocycles. The van der Waals surface area contributed by atoms with Gasteiger partial charge in [0, 0.05) is 36.6 Å². The molecule has 1 amide bonds. The van der Waals surface area contributed by atoms with E-state index in [1.165, 1.54) is 12.1 Å². The van der Waals surface area contributed by atoms with E-state index in [1.54, 1.807) is 0 Å². The van der Waals surface area contributed by atoms with Gasteiger partial charge in [-0.2, -0.15) is 0 Å². The number of benzene rings is 3.